The van der Waals surface area contributed by atoms with E-state index in [0.29, 0.717) is 5.56 Å². The van der Waals surface area contributed by atoms with Gasteiger partial charge in [-0.05, 0) is 48.2 Å². The van der Waals surface area contributed by atoms with E-state index in [0.717, 1.165) is 22.4 Å². The van der Waals surface area contributed by atoms with Crippen molar-refractivity contribution in [3.05, 3.63) is 64.7 Å². The van der Waals surface area contributed by atoms with Crippen molar-refractivity contribution >= 4 is 6.09 Å². The van der Waals surface area contributed by atoms with Gasteiger partial charge in [-0.3, -0.25) is 0 Å². The maximum atomic E-state index is 11.7. The number of nitrogens with one attached hydrogen (secondary N) is 1. The lowest BCUT2D eigenvalue weighted by Crippen LogP contribution is -2.36. The summed E-state index contributed by atoms with van der Waals surface area (Å²) >= 11 is 0. The van der Waals surface area contributed by atoms with Gasteiger partial charge in [-0.2, -0.15) is 0 Å². The van der Waals surface area contributed by atoms with Crippen LogP contribution in [0.3, 0.4) is 0 Å². The highest BCUT2D eigenvalue weighted by Gasteiger charge is 2.22. The molecule has 6 nitrogen and oxygen atoms in total. The molecule has 0 saturated heterocycles. The lowest BCUT2D eigenvalue weighted by Gasteiger charge is -2.21. The molecule has 0 aliphatic carbocycles. The first-order valence-electron chi connectivity index (χ1n) is 8.38. The van der Waals surface area contributed by atoms with Crippen LogP contribution in [0, 0.1) is 13.8 Å². The van der Waals surface area contributed by atoms with Crippen LogP contribution in [0.4, 0.5) is 4.79 Å². The third-order valence-electron chi connectivity index (χ3n) is 4.13. The summed E-state index contributed by atoms with van der Waals surface area (Å²) in [6.07, 6.45) is -2.94. The fourth-order valence-electron chi connectivity index (χ4n) is 2.63. The van der Waals surface area contributed by atoms with Gasteiger partial charge in [0.2, 0.25) is 0 Å². The van der Waals surface area contributed by atoms with E-state index in [1.54, 1.807) is 13.2 Å². The third-order valence-corrected chi connectivity index (χ3v) is 4.13. The zero-order valence-electron chi connectivity index (χ0n) is 15.2. The van der Waals surface area contributed by atoms with Crippen LogP contribution in [-0.4, -0.2) is 36.1 Å². The lowest BCUT2D eigenvalue weighted by atomic mass is 9.96. The number of alkyl carbamates (subject to hydrolysis) is 1. The quantitative estimate of drug-likeness (QED) is 0.707. The number of carbonyl (C=O) groups is 1. The summed E-state index contributed by atoms with van der Waals surface area (Å²) in [5, 5.41) is 23.1. The normalized spacial score (nSPS) is 13.0. The summed E-state index contributed by atoms with van der Waals surface area (Å²) in [6, 6.07) is 12.9. The molecule has 0 aromatic heterocycles. The predicted octanol–water partition coefficient (Wildman–Crippen LogP) is 2.63. The second kappa shape index (κ2) is 9.22. The molecule has 1 amide bonds. The molecular formula is C20H25NO5. The van der Waals surface area contributed by atoms with Crippen LogP contribution in [0.15, 0.2) is 42.5 Å². The second-order valence-electron chi connectivity index (χ2n) is 6.13. The molecule has 2 rings (SSSR count). The van der Waals surface area contributed by atoms with E-state index in [2.05, 4.69) is 5.32 Å². The molecule has 26 heavy (non-hydrogen) atoms. The predicted molar refractivity (Wildman–Crippen MR) is 98.1 cm³/mol. The van der Waals surface area contributed by atoms with Gasteiger partial charge in [-0.15, -0.1) is 0 Å². The average molecular weight is 359 g/mol. The summed E-state index contributed by atoms with van der Waals surface area (Å²) in [5.74, 6) is 0.718. The van der Waals surface area contributed by atoms with E-state index >= 15 is 0 Å². The molecule has 2 aromatic carbocycles. The third kappa shape index (κ3) is 5.21. The van der Waals surface area contributed by atoms with Gasteiger partial charge in [0.25, 0.3) is 0 Å². The number of amides is 1. The molecule has 140 valence electrons. The zero-order valence-corrected chi connectivity index (χ0v) is 15.2. The van der Waals surface area contributed by atoms with Crippen LogP contribution in [-0.2, 0) is 11.3 Å². The first-order valence-corrected chi connectivity index (χ1v) is 8.38. The standard InChI is InChI=1S/C20H25NO5/c1-13-10-18(25-3)14(2)9-16(13)19(23)17(22)11-21-20(24)26-12-15-7-5-4-6-8-15/h4-10,17,19,22-23H,11-12H2,1-3H3,(H,21,24). The van der Waals surface area contributed by atoms with E-state index in [1.807, 2.05) is 50.2 Å². The highest BCUT2D eigenvalue weighted by atomic mass is 16.5. The molecule has 0 spiro atoms. The summed E-state index contributed by atoms with van der Waals surface area (Å²) in [5.41, 5.74) is 3.11. The number of carbonyl (C=O) groups excluding carboxylic acids is 1. The average Bonchev–Trinajstić information content (AvgIpc) is 2.66. The fraction of sp³-hybridized carbons (Fsp3) is 0.350. The topological polar surface area (TPSA) is 88.0 Å². The molecule has 6 heteroatoms. The van der Waals surface area contributed by atoms with Crippen LogP contribution >= 0.6 is 0 Å². The van der Waals surface area contributed by atoms with Crippen LogP contribution in [0.5, 0.6) is 5.75 Å². The number of ether oxygens (including phenoxy) is 2. The molecule has 0 bridgehead atoms. The van der Waals surface area contributed by atoms with Gasteiger partial charge in [0.05, 0.1) is 7.11 Å². The van der Waals surface area contributed by atoms with Gasteiger partial charge in [-0.1, -0.05) is 30.3 Å². The molecular weight excluding hydrogens is 334 g/mol. The Bertz CT molecular complexity index is 732. The van der Waals surface area contributed by atoms with Crippen LogP contribution in [0.2, 0.25) is 0 Å². The molecule has 2 aromatic rings. The van der Waals surface area contributed by atoms with Gasteiger partial charge in [0.1, 0.15) is 24.6 Å². The van der Waals surface area contributed by atoms with E-state index in [1.165, 1.54) is 0 Å². The van der Waals surface area contributed by atoms with Gasteiger partial charge in [0.15, 0.2) is 0 Å². The number of rotatable bonds is 7. The molecule has 0 heterocycles. The molecule has 0 saturated carbocycles. The Hall–Kier alpha value is -2.57. The van der Waals surface area contributed by atoms with Gasteiger partial charge < -0.3 is 25.0 Å². The Morgan fingerprint density at radius 3 is 2.46 bits per heavy atom. The number of hydrogen-bond donors (Lipinski definition) is 3. The van der Waals surface area contributed by atoms with Crippen molar-refractivity contribution in [3.8, 4) is 5.75 Å². The fourth-order valence-corrected chi connectivity index (χ4v) is 2.63. The number of aryl methyl sites for hydroxylation is 2. The second-order valence-corrected chi connectivity index (χ2v) is 6.13. The molecule has 0 aliphatic heterocycles. The van der Waals surface area contributed by atoms with E-state index in [-0.39, 0.29) is 13.2 Å². The first kappa shape index (κ1) is 19.8. The van der Waals surface area contributed by atoms with E-state index < -0.39 is 18.3 Å². The van der Waals surface area contributed by atoms with Crippen molar-refractivity contribution < 1.29 is 24.5 Å². The largest absolute Gasteiger partial charge is 0.496 e. The van der Waals surface area contributed by atoms with Gasteiger partial charge in [0, 0.05) is 6.54 Å². The monoisotopic (exact) mass is 359 g/mol. The number of benzene rings is 2. The Balaban J connectivity index is 1.88. The number of aliphatic hydroxyl groups excluding tert-OH is 2. The van der Waals surface area contributed by atoms with Crippen LogP contribution in [0.1, 0.15) is 28.4 Å². The van der Waals surface area contributed by atoms with Crippen molar-refractivity contribution in [1.82, 2.24) is 5.32 Å². The maximum absolute atomic E-state index is 11.7. The van der Waals surface area contributed by atoms with E-state index in [9.17, 15) is 15.0 Å². The van der Waals surface area contributed by atoms with Crippen molar-refractivity contribution in [3.63, 3.8) is 0 Å². The number of aliphatic hydroxyl groups is 2. The molecule has 3 N–H and O–H groups in total. The number of methoxy groups -OCH3 is 1. The summed E-state index contributed by atoms with van der Waals surface area (Å²) in [4.78, 5) is 11.7. The highest BCUT2D eigenvalue weighted by Crippen LogP contribution is 2.28. The first-order chi connectivity index (χ1) is 12.4. The smallest absolute Gasteiger partial charge is 0.407 e. The Kier molecular flexibility index (Phi) is 7.00. The summed E-state index contributed by atoms with van der Waals surface area (Å²) in [6.45, 7) is 3.70. The maximum Gasteiger partial charge on any atom is 0.407 e. The molecule has 0 radical (unpaired) electrons. The summed E-state index contributed by atoms with van der Waals surface area (Å²) in [7, 11) is 1.58. The zero-order chi connectivity index (χ0) is 19.1. The molecule has 0 fully saturated rings. The van der Waals surface area contributed by atoms with E-state index in [4.69, 9.17) is 9.47 Å². The van der Waals surface area contributed by atoms with Crippen molar-refractivity contribution in [1.29, 1.82) is 0 Å². The molecule has 2 atom stereocenters. The Labute approximate surface area is 153 Å². The van der Waals surface area contributed by atoms with Gasteiger partial charge >= 0.3 is 6.09 Å². The Morgan fingerprint density at radius 2 is 1.81 bits per heavy atom. The SMILES string of the molecule is COc1cc(C)c(C(O)C(O)CNC(=O)OCc2ccccc2)cc1C. The molecule has 2 unspecified atom stereocenters. The minimum Gasteiger partial charge on any atom is -0.496 e. The lowest BCUT2D eigenvalue weighted by molar-refractivity contribution is 0.0180. The van der Waals surface area contributed by atoms with Crippen molar-refractivity contribution in [2.24, 2.45) is 0 Å². The van der Waals surface area contributed by atoms with Gasteiger partial charge in [-0.25, -0.2) is 4.79 Å². The van der Waals surface area contributed by atoms with Crippen molar-refractivity contribution in [2.45, 2.75) is 32.7 Å². The molecule has 0 aliphatic rings. The van der Waals surface area contributed by atoms with Crippen molar-refractivity contribution in [2.75, 3.05) is 13.7 Å². The van der Waals surface area contributed by atoms with Crippen LogP contribution < -0.4 is 10.1 Å². The summed E-state index contributed by atoms with van der Waals surface area (Å²) < 4.78 is 10.3. The number of hydrogen-bond acceptors (Lipinski definition) is 5. The highest BCUT2D eigenvalue weighted by molar-refractivity contribution is 5.67. The van der Waals surface area contributed by atoms with Crippen LogP contribution in [0.25, 0.3) is 0 Å². The Morgan fingerprint density at radius 1 is 1.12 bits per heavy atom. The minimum absolute atomic E-state index is 0.126. The minimum atomic E-state index is -1.16.